The zero-order valence-corrected chi connectivity index (χ0v) is 11.1. The van der Waals surface area contributed by atoms with Gasteiger partial charge in [0.1, 0.15) is 0 Å². The van der Waals surface area contributed by atoms with Crippen molar-refractivity contribution >= 4 is 11.4 Å². The Morgan fingerprint density at radius 1 is 0.750 bits per heavy atom. The molecule has 0 aliphatic heterocycles. The number of nitrogens with two attached hydrogens (primary N) is 5. The van der Waals surface area contributed by atoms with E-state index in [0.29, 0.717) is 17.8 Å². The first kappa shape index (κ1) is 12.9. The highest BCUT2D eigenvalue weighted by Gasteiger charge is 2.47. The summed E-state index contributed by atoms with van der Waals surface area (Å²) in [6.07, 6.45) is 0.419. The monoisotopic (exact) mass is 269 g/mol. The highest BCUT2D eigenvalue weighted by molar-refractivity contribution is 5.57. The van der Waals surface area contributed by atoms with Gasteiger partial charge in [0.25, 0.3) is 0 Å². The Balaban J connectivity index is 2.20. The van der Waals surface area contributed by atoms with Crippen LogP contribution in [-0.4, -0.2) is 0 Å². The molecule has 1 atom stereocenters. The maximum Gasteiger partial charge on any atom is 0.0928 e. The molecule has 3 rings (SSSR count). The minimum absolute atomic E-state index is 0.419. The van der Waals surface area contributed by atoms with Crippen LogP contribution in [0.2, 0.25) is 0 Å². The third kappa shape index (κ3) is 1.76. The highest BCUT2D eigenvalue weighted by Crippen LogP contribution is 2.46. The molecule has 5 heteroatoms. The second kappa shape index (κ2) is 3.96. The molecule has 0 fully saturated rings. The summed E-state index contributed by atoms with van der Waals surface area (Å²) < 4.78 is 0. The van der Waals surface area contributed by atoms with Gasteiger partial charge in [0.2, 0.25) is 0 Å². The molecule has 1 aliphatic carbocycles. The summed E-state index contributed by atoms with van der Waals surface area (Å²) in [5.41, 5.74) is 32.9. The molecule has 0 bridgehead atoms. The number of fused-ring (bicyclic) bond motifs is 1. The molecule has 0 radical (unpaired) electrons. The average molecular weight is 269 g/mol. The zero-order chi connectivity index (χ0) is 14.5. The third-order valence-corrected chi connectivity index (χ3v) is 4.02. The van der Waals surface area contributed by atoms with Gasteiger partial charge in [-0.15, -0.1) is 0 Å². The van der Waals surface area contributed by atoms with Crippen molar-refractivity contribution in [3.8, 4) is 0 Å². The number of rotatable bonds is 1. The first-order valence-corrected chi connectivity index (χ1v) is 6.46. The summed E-state index contributed by atoms with van der Waals surface area (Å²) in [4.78, 5) is 0. The Morgan fingerprint density at radius 3 is 2.00 bits per heavy atom. The van der Waals surface area contributed by atoms with Gasteiger partial charge in [0.05, 0.1) is 11.2 Å². The van der Waals surface area contributed by atoms with Gasteiger partial charge in [0.15, 0.2) is 0 Å². The maximum atomic E-state index is 6.63. The molecule has 0 aromatic heterocycles. The molecular formula is C15H19N5. The molecule has 104 valence electrons. The SMILES string of the molecule is Nc1ccc(C2(N)CC(N)(N)c3cc(N)ccc32)cc1. The van der Waals surface area contributed by atoms with Gasteiger partial charge in [-0.05, 0) is 41.0 Å². The van der Waals surface area contributed by atoms with Crippen molar-refractivity contribution in [3.05, 3.63) is 59.2 Å². The van der Waals surface area contributed by atoms with E-state index in [-0.39, 0.29) is 0 Å². The van der Waals surface area contributed by atoms with Crippen molar-refractivity contribution in [2.75, 3.05) is 11.5 Å². The van der Waals surface area contributed by atoms with E-state index in [1.807, 2.05) is 36.4 Å². The van der Waals surface area contributed by atoms with E-state index >= 15 is 0 Å². The fourth-order valence-electron chi connectivity index (χ4n) is 3.03. The van der Waals surface area contributed by atoms with Crippen molar-refractivity contribution in [1.82, 2.24) is 0 Å². The van der Waals surface area contributed by atoms with Gasteiger partial charge >= 0.3 is 0 Å². The normalized spacial score (nSPS) is 23.6. The fourth-order valence-corrected chi connectivity index (χ4v) is 3.03. The summed E-state index contributed by atoms with van der Waals surface area (Å²) in [7, 11) is 0. The molecule has 0 saturated carbocycles. The van der Waals surface area contributed by atoms with Crippen LogP contribution in [0, 0.1) is 0 Å². The molecule has 1 aliphatic rings. The number of benzene rings is 2. The van der Waals surface area contributed by atoms with Gasteiger partial charge in [-0.2, -0.15) is 0 Å². The first-order valence-electron chi connectivity index (χ1n) is 6.46. The van der Waals surface area contributed by atoms with Crippen molar-refractivity contribution in [2.24, 2.45) is 17.2 Å². The number of hydrogen-bond donors (Lipinski definition) is 5. The lowest BCUT2D eigenvalue weighted by atomic mass is 9.84. The quantitative estimate of drug-likeness (QED) is 0.381. The van der Waals surface area contributed by atoms with E-state index in [1.54, 1.807) is 6.07 Å². The lowest BCUT2D eigenvalue weighted by Gasteiger charge is -2.28. The summed E-state index contributed by atoms with van der Waals surface area (Å²) >= 11 is 0. The minimum atomic E-state index is -0.985. The third-order valence-electron chi connectivity index (χ3n) is 4.02. The van der Waals surface area contributed by atoms with Crippen LogP contribution in [0.25, 0.3) is 0 Å². The smallest absolute Gasteiger partial charge is 0.0928 e. The summed E-state index contributed by atoms with van der Waals surface area (Å²) in [5.74, 6) is 0. The standard InChI is InChI=1S/C15H19N5/c16-10-3-1-9(2-4-10)14(18)8-15(19,20)13-7-11(17)5-6-12(13)14/h1-7H,8,16-20H2. The van der Waals surface area contributed by atoms with E-state index in [2.05, 4.69) is 0 Å². The van der Waals surface area contributed by atoms with Crippen LogP contribution in [0.3, 0.4) is 0 Å². The van der Waals surface area contributed by atoms with Gasteiger partial charge in [-0.3, -0.25) is 0 Å². The highest BCUT2D eigenvalue weighted by atomic mass is 15.0. The molecule has 5 nitrogen and oxygen atoms in total. The van der Waals surface area contributed by atoms with Crippen LogP contribution in [0.15, 0.2) is 42.5 Å². The molecule has 0 saturated heterocycles. The van der Waals surface area contributed by atoms with Crippen molar-refractivity contribution in [3.63, 3.8) is 0 Å². The van der Waals surface area contributed by atoms with Crippen molar-refractivity contribution in [2.45, 2.75) is 17.6 Å². The average Bonchev–Trinajstić information content (AvgIpc) is 2.58. The van der Waals surface area contributed by atoms with Crippen LogP contribution < -0.4 is 28.7 Å². The van der Waals surface area contributed by atoms with Gasteiger partial charge in [0, 0.05) is 17.8 Å². The Morgan fingerprint density at radius 2 is 1.35 bits per heavy atom. The lowest BCUT2D eigenvalue weighted by molar-refractivity contribution is 0.376. The Kier molecular flexibility index (Phi) is 2.56. The van der Waals surface area contributed by atoms with Crippen LogP contribution >= 0.6 is 0 Å². The molecular weight excluding hydrogens is 250 g/mol. The molecule has 0 heterocycles. The molecule has 0 amide bonds. The van der Waals surface area contributed by atoms with E-state index in [9.17, 15) is 0 Å². The van der Waals surface area contributed by atoms with Crippen LogP contribution in [0.1, 0.15) is 23.1 Å². The van der Waals surface area contributed by atoms with Crippen LogP contribution in [0.4, 0.5) is 11.4 Å². The largest absolute Gasteiger partial charge is 0.399 e. The first-order chi connectivity index (χ1) is 9.33. The Labute approximate surface area is 117 Å². The molecule has 20 heavy (non-hydrogen) atoms. The van der Waals surface area contributed by atoms with Gasteiger partial charge in [-0.25, -0.2) is 0 Å². The molecule has 10 N–H and O–H groups in total. The molecule has 2 aromatic carbocycles. The van der Waals surface area contributed by atoms with Crippen LogP contribution in [0.5, 0.6) is 0 Å². The topological polar surface area (TPSA) is 130 Å². The van der Waals surface area contributed by atoms with E-state index in [1.165, 1.54) is 0 Å². The second-order valence-corrected chi connectivity index (χ2v) is 5.62. The van der Waals surface area contributed by atoms with E-state index in [4.69, 9.17) is 28.7 Å². The minimum Gasteiger partial charge on any atom is -0.399 e. The van der Waals surface area contributed by atoms with Gasteiger partial charge < -0.3 is 28.7 Å². The number of nitrogen functional groups attached to an aromatic ring is 2. The molecule has 2 aromatic rings. The van der Waals surface area contributed by atoms with E-state index in [0.717, 1.165) is 16.7 Å². The van der Waals surface area contributed by atoms with Crippen molar-refractivity contribution in [1.29, 1.82) is 0 Å². The lowest BCUT2D eigenvalue weighted by Crippen LogP contribution is -2.47. The fraction of sp³-hybridized carbons (Fsp3) is 0.200. The van der Waals surface area contributed by atoms with Gasteiger partial charge in [-0.1, -0.05) is 18.2 Å². The summed E-state index contributed by atoms with van der Waals surface area (Å²) in [5, 5.41) is 0. The molecule has 0 spiro atoms. The zero-order valence-electron chi connectivity index (χ0n) is 11.1. The summed E-state index contributed by atoms with van der Waals surface area (Å²) in [6, 6.07) is 13.0. The predicted octanol–water partition coefficient (Wildman–Crippen LogP) is 0.527. The number of anilines is 2. The van der Waals surface area contributed by atoms with E-state index < -0.39 is 11.2 Å². The Bertz CT molecular complexity index is 662. The van der Waals surface area contributed by atoms with Crippen LogP contribution in [-0.2, 0) is 11.2 Å². The molecule has 1 unspecified atom stereocenters. The Hall–Kier alpha value is -2.08. The summed E-state index contributed by atoms with van der Waals surface area (Å²) in [6.45, 7) is 0. The van der Waals surface area contributed by atoms with Crippen molar-refractivity contribution < 1.29 is 0 Å². The number of hydrogen-bond acceptors (Lipinski definition) is 5. The second-order valence-electron chi connectivity index (χ2n) is 5.62. The predicted molar refractivity (Wildman–Crippen MR) is 81.3 cm³/mol. The maximum absolute atomic E-state index is 6.63.